The van der Waals surface area contributed by atoms with Crippen molar-refractivity contribution in [1.82, 2.24) is 4.90 Å². The van der Waals surface area contributed by atoms with Crippen LogP contribution in [-0.2, 0) is 22.6 Å². The van der Waals surface area contributed by atoms with Gasteiger partial charge in [-0.1, -0.05) is 11.8 Å². The smallest absolute Gasteiger partial charge is 0.288 e. The third-order valence-corrected chi connectivity index (χ3v) is 5.84. The number of nitrogens with one attached hydrogen (secondary N) is 1. The van der Waals surface area contributed by atoms with Crippen LogP contribution >= 0.6 is 23.1 Å². The molecule has 1 aromatic carbocycles. The zero-order valence-electron chi connectivity index (χ0n) is 13.9. The number of fused-ring (bicyclic) bond motifs is 1. The Balaban J connectivity index is 1.44. The quantitative estimate of drug-likeness (QED) is 0.738. The molecule has 0 spiro atoms. The molecule has 138 valence electrons. The maximum Gasteiger partial charge on any atom is 0.288 e. The number of thioether (sulfide) groups is 1. The second-order valence-electron chi connectivity index (χ2n) is 5.89. The van der Waals surface area contributed by atoms with E-state index in [9.17, 15) is 18.4 Å². The normalized spacial score (nSPS) is 13.6. The molecule has 2 aromatic rings. The lowest BCUT2D eigenvalue weighted by Crippen LogP contribution is -2.35. The van der Waals surface area contributed by atoms with E-state index in [0.29, 0.717) is 35.4 Å². The lowest BCUT2D eigenvalue weighted by atomic mass is 10.1. The third-order valence-electron chi connectivity index (χ3n) is 4.09. The van der Waals surface area contributed by atoms with Gasteiger partial charge in [-0.25, -0.2) is 0 Å². The zero-order valence-corrected chi connectivity index (χ0v) is 15.5. The van der Waals surface area contributed by atoms with Crippen LogP contribution in [0.15, 0.2) is 40.6 Å². The SMILES string of the molecule is O=C(CCC(=O)N1CCc2sccc2C1)Nc1ccc(SC(F)F)cc1. The number of amides is 2. The molecule has 2 amide bonds. The summed E-state index contributed by atoms with van der Waals surface area (Å²) in [5, 5.41) is 4.73. The monoisotopic (exact) mass is 396 g/mol. The van der Waals surface area contributed by atoms with Gasteiger partial charge in [0, 0.05) is 41.4 Å². The highest BCUT2D eigenvalue weighted by Crippen LogP contribution is 2.26. The van der Waals surface area contributed by atoms with Crippen LogP contribution in [0.1, 0.15) is 23.3 Å². The van der Waals surface area contributed by atoms with Crippen LogP contribution in [0.4, 0.5) is 14.5 Å². The van der Waals surface area contributed by atoms with Gasteiger partial charge in [-0.15, -0.1) is 11.3 Å². The predicted octanol–water partition coefficient (Wildman–Crippen LogP) is 4.37. The van der Waals surface area contributed by atoms with E-state index in [1.165, 1.54) is 22.6 Å². The molecule has 0 aliphatic carbocycles. The second kappa shape index (κ2) is 8.64. The van der Waals surface area contributed by atoms with Crippen molar-refractivity contribution in [1.29, 1.82) is 0 Å². The summed E-state index contributed by atoms with van der Waals surface area (Å²) >= 11 is 2.17. The molecule has 0 fully saturated rings. The van der Waals surface area contributed by atoms with Gasteiger partial charge in [-0.3, -0.25) is 9.59 Å². The van der Waals surface area contributed by atoms with E-state index in [1.807, 2.05) is 11.4 Å². The number of anilines is 1. The lowest BCUT2D eigenvalue weighted by molar-refractivity contribution is -0.133. The Morgan fingerprint density at radius 1 is 1.19 bits per heavy atom. The van der Waals surface area contributed by atoms with E-state index in [4.69, 9.17) is 0 Å². The molecule has 0 atom stereocenters. The minimum atomic E-state index is -2.47. The van der Waals surface area contributed by atoms with Crippen LogP contribution in [0.3, 0.4) is 0 Å². The highest BCUT2D eigenvalue weighted by molar-refractivity contribution is 7.99. The number of carbonyl (C=O) groups is 2. The second-order valence-corrected chi connectivity index (χ2v) is 7.95. The topological polar surface area (TPSA) is 49.4 Å². The maximum atomic E-state index is 12.3. The van der Waals surface area contributed by atoms with E-state index in [0.717, 1.165) is 6.42 Å². The molecule has 1 aliphatic rings. The fourth-order valence-electron chi connectivity index (χ4n) is 2.78. The van der Waals surface area contributed by atoms with Crippen molar-refractivity contribution >= 4 is 40.6 Å². The molecule has 1 aromatic heterocycles. The molecule has 1 aliphatic heterocycles. The maximum absolute atomic E-state index is 12.3. The molecule has 0 bridgehead atoms. The summed E-state index contributed by atoms with van der Waals surface area (Å²) in [7, 11) is 0. The Morgan fingerprint density at radius 2 is 1.96 bits per heavy atom. The minimum Gasteiger partial charge on any atom is -0.338 e. The molecule has 1 N–H and O–H groups in total. The third kappa shape index (κ3) is 5.04. The number of halogens is 2. The Bertz CT molecular complexity index is 778. The molecule has 2 heterocycles. The van der Waals surface area contributed by atoms with Gasteiger partial charge >= 0.3 is 0 Å². The average molecular weight is 396 g/mol. The number of hydrogen-bond donors (Lipinski definition) is 1. The summed E-state index contributed by atoms with van der Waals surface area (Å²) < 4.78 is 24.6. The van der Waals surface area contributed by atoms with Crippen LogP contribution in [0.2, 0.25) is 0 Å². The fraction of sp³-hybridized carbons (Fsp3) is 0.333. The van der Waals surface area contributed by atoms with Crippen molar-refractivity contribution in [3.63, 3.8) is 0 Å². The molecule has 0 saturated carbocycles. The van der Waals surface area contributed by atoms with E-state index in [1.54, 1.807) is 28.4 Å². The summed E-state index contributed by atoms with van der Waals surface area (Å²) in [5.41, 5.74) is 1.72. The van der Waals surface area contributed by atoms with E-state index >= 15 is 0 Å². The summed E-state index contributed by atoms with van der Waals surface area (Å²) in [4.78, 5) is 27.9. The van der Waals surface area contributed by atoms with Gasteiger partial charge in [-0.05, 0) is 47.7 Å². The minimum absolute atomic E-state index is 0.0271. The van der Waals surface area contributed by atoms with E-state index in [2.05, 4.69) is 5.32 Å². The molecule has 0 saturated heterocycles. The van der Waals surface area contributed by atoms with Crippen molar-refractivity contribution in [3.05, 3.63) is 46.2 Å². The van der Waals surface area contributed by atoms with Gasteiger partial charge in [0.1, 0.15) is 0 Å². The van der Waals surface area contributed by atoms with Crippen LogP contribution in [0.25, 0.3) is 0 Å². The number of carbonyl (C=O) groups excluding carboxylic acids is 2. The summed E-state index contributed by atoms with van der Waals surface area (Å²) in [6.45, 7) is 1.31. The van der Waals surface area contributed by atoms with Gasteiger partial charge < -0.3 is 10.2 Å². The first kappa shape index (κ1) is 18.8. The van der Waals surface area contributed by atoms with Crippen molar-refractivity contribution in [3.8, 4) is 0 Å². The summed E-state index contributed by atoms with van der Waals surface area (Å²) in [6, 6.07) is 8.26. The largest absolute Gasteiger partial charge is 0.338 e. The Kier molecular flexibility index (Phi) is 6.26. The summed E-state index contributed by atoms with van der Waals surface area (Å²) in [6.07, 6.45) is 1.12. The number of rotatable bonds is 6. The first-order valence-electron chi connectivity index (χ1n) is 8.19. The Hall–Kier alpha value is -1.93. The Morgan fingerprint density at radius 3 is 2.69 bits per heavy atom. The standard InChI is InChI=1S/C18H18F2N2O2S2/c19-18(20)26-14-3-1-13(2-4-14)21-16(23)5-6-17(24)22-9-7-15-12(11-22)8-10-25-15/h1-4,8,10,18H,5-7,9,11H2,(H,21,23). The highest BCUT2D eigenvalue weighted by atomic mass is 32.2. The molecular formula is C18H18F2N2O2S2. The van der Waals surface area contributed by atoms with Gasteiger partial charge in [0.25, 0.3) is 5.76 Å². The van der Waals surface area contributed by atoms with Crippen molar-refractivity contribution < 1.29 is 18.4 Å². The lowest BCUT2D eigenvalue weighted by Gasteiger charge is -2.27. The number of alkyl halides is 2. The van der Waals surface area contributed by atoms with Crippen LogP contribution < -0.4 is 5.32 Å². The van der Waals surface area contributed by atoms with Crippen molar-refractivity contribution in [2.45, 2.75) is 36.5 Å². The fourth-order valence-corrected chi connectivity index (χ4v) is 4.17. The number of hydrogen-bond acceptors (Lipinski definition) is 4. The molecule has 0 radical (unpaired) electrons. The number of nitrogens with zero attached hydrogens (tertiary/aromatic N) is 1. The molecule has 26 heavy (non-hydrogen) atoms. The molecule has 4 nitrogen and oxygen atoms in total. The van der Waals surface area contributed by atoms with E-state index in [-0.39, 0.29) is 24.7 Å². The molecule has 8 heteroatoms. The highest BCUT2D eigenvalue weighted by Gasteiger charge is 2.21. The number of thiophene rings is 1. The molecular weight excluding hydrogens is 378 g/mol. The van der Waals surface area contributed by atoms with Crippen molar-refractivity contribution in [2.75, 3.05) is 11.9 Å². The van der Waals surface area contributed by atoms with Gasteiger partial charge in [0.2, 0.25) is 11.8 Å². The van der Waals surface area contributed by atoms with Crippen LogP contribution in [-0.4, -0.2) is 29.0 Å². The van der Waals surface area contributed by atoms with Crippen LogP contribution in [0.5, 0.6) is 0 Å². The molecule has 3 rings (SSSR count). The average Bonchev–Trinajstić information content (AvgIpc) is 3.08. The van der Waals surface area contributed by atoms with Gasteiger partial charge in [0.05, 0.1) is 0 Å². The summed E-state index contributed by atoms with van der Waals surface area (Å²) in [5.74, 6) is -2.76. The molecule has 0 unspecified atom stereocenters. The van der Waals surface area contributed by atoms with Crippen LogP contribution in [0, 0.1) is 0 Å². The zero-order chi connectivity index (χ0) is 18.5. The van der Waals surface area contributed by atoms with Gasteiger partial charge in [-0.2, -0.15) is 8.78 Å². The van der Waals surface area contributed by atoms with E-state index < -0.39 is 5.76 Å². The number of benzene rings is 1. The Labute approximate surface area is 158 Å². The predicted molar refractivity (Wildman–Crippen MR) is 99.6 cm³/mol. The van der Waals surface area contributed by atoms with Gasteiger partial charge in [0.15, 0.2) is 0 Å². The first-order chi connectivity index (χ1) is 12.5. The van der Waals surface area contributed by atoms with Crippen molar-refractivity contribution in [2.24, 2.45) is 0 Å². The first-order valence-corrected chi connectivity index (χ1v) is 9.95.